The molecule has 166 valence electrons. The SMILES string of the molecule is CCOC(=O)C1=CC2=CC(c3ccc(C(=O)N4CCCC4)cc3)=CCC2N=C(N)C12CC2. The number of likely N-dealkylation sites (tertiary alicyclic amines) is 1. The Hall–Kier alpha value is -3.15. The summed E-state index contributed by atoms with van der Waals surface area (Å²) in [6.45, 7) is 3.84. The summed E-state index contributed by atoms with van der Waals surface area (Å²) in [4.78, 5) is 32.1. The molecule has 0 aromatic heterocycles. The molecule has 1 spiro atoms. The van der Waals surface area contributed by atoms with Crippen LogP contribution in [-0.2, 0) is 9.53 Å². The van der Waals surface area contributed by atoms with Gasteiger partial charge >= 0.3 is 5.97 Å². The molecule has 2 aliphatic heterocycles. The fourth-order valence-electron chi connectivity index (χ4n) is 4.93. The van der Waals surface area contributed by atoms with Crippen molar-refractivity contribution in [1.82, 2.24) is 4.90 Å². The number of rotatable bonds is 4. The summed E-state index contributed by atoms with van der Waals surface area (Å²) >= 11 is 0. The second kappa shape index (κ2) is 8.08. The lowest BCUT2D eigenvalue weighted by Crippen LogP contribution is -2.30. The Labute approximate surface area is 188 Å². The minimum Gasteiger partial charge on any atom is -0.463 e. The lowest BCUT2D eigenvalue weighted by Gasteiger charge is -2.19. The molecule has 1 aromatic rings. The summed E-state index contributed by atoms with van der Waals surface area (Å²) < 4.78 is 5.33. The van der Waals surface area contributed by atoms with Gasteiger partial charge in [-0.15, -0.1) is 0 Å². The number of hydrogen-bond donors (Lipinski definition) is 1. The Balaban J connectivity index is 1.43. The van der Waals surface area contributed by atoms with Crippen molar-refractivity contribution in [3.8, 4) is 0 Å². The smallest absolute Gasteiger partial charge is 0.335 e. The van der Waals surface area contributed by atoms with Crippen LogP contribution in [0.25, 0.3) is 5.57 Å². The van der Waals surface area contributed by atoms with E-state index < -0.39 is 5.41 Å². The van der Waals surface area contributed by atoms with Crippen LogP contribution in [0.15, 0.2) is 58.6 Å². The van der Waals surface area contributed by atoms with Crippen molar-refractivity contribution < 1.29 is 14.3 Å². The molecule has 6 heteroatoms. The van der Waals surface area contributed by atoms with E-state index in [0.717, 1.165) is 67.5 Å². The van der Waals surface area contributed by atoms with Gasteiger partial charge in [0.2, 0.25) is 0 Å². The molecular formula is C26H29N3O3. The maximum atomic E-state index is 12.7. The van der Waals surface area contributed by atoms with Gasteiger partial charge in [-0.05, 0) is 80.0 Å². The average molecular weight is 432 g/mol. The van der Waals surface area contributed by atoms with E-state index in [9.17, 15) is 9.59 Å². The van der Waals surface area contributed by atoms with E-state index in [1.807, 2.05) is 42.2 Å². The molecule has 1 saturated heterocycles. The van der Waals surface area contributed by atoms with Gasteiger partial charge in [0.25, 0.3) is 5.91 Å². The average Bonchev–Trinajstić information content (AvgIpc) is 3.45. The number of hydrogen-bond acceptors (Lipinski definition) is 5. The Bertz CT molecular complexity index is 1070. The summed E-state index contributed by atoms with van der Waals surface area (Å²) in [7, 11) is 0. The first-order valence-corrected chi connectivity index (χ1v) is 11.6. The molecule has 1 amide bonds. The van der Waals surface area contributed by atoms with Crippen LogP contribution in [-0.4, -0.2) is 48.4 Å². The van der Waals surface area contributed by atoms with Crippen LogP contribution >= 0.6 is 0 Å². The lowest BCUT2D eigenvalue weighted by molar-refractivity contribution is -0.139. The van der Waals surface area contributed by atoms with Crippen molar-refractivity contribution in [1.29, 1.82) is 0 Å². The highest BCUT2D eigenvalue weighted by Crippen LogP contribution is 2.54. The number of nitrogens with zero attached hydrogens (tertiary/aromatic N) is 2. The molecule has 4 aliphatic rings. The van der Waals surface area contributed by atoms with Crippen molar-refractivity contribution in [3.05, 3.63) is 64.8 Å². The van der Waals surface area contributed by atoms with Gasteiger partial charge in [0.15, 0.2) is 0 Å². The van der Waals surface area contributed by atoms with Crippen molar-refractivity contribution in [2.75, 3.05) is 19.7 Å². The molecule has 1 aromatic carbocycles. The number of aliphatic imine (C=N–C) groups is 1. The summed E-state index contributed by atoms with van der Waals surface area (Å²) in [5.41, 5.74) is 10.4. The predicted octanol–water partition coefficient (Wildman–Crippen LogP) is 3.65. The number of fused-ring (bicyclic) bond motifs is 1. The van der Waals surface area contributed by atoms with Gasteiger partial charge < -0.3 is 15.4 Å². The van der Waals surface area contributed by atoms with Gasteiger partial charge in [-0.3, -0.25) is 9.79 Å². The van der Waals surface area contributed by atoms with Crippen LogP contribution in [0.5, 0.6) is 0 Å². The lowest BCUT2D eigenvalue weighted by atomic mass is 9.88. The topological polar surface area (TPSA) is 85.0 Å². The number of carbonyl (C=O) groups is 2. The molecule has 1 unspecified atom stereocenters. The van der Waals surface area contributed by atoms with E-state index in [4.69, 9.17) is 15.5 Å². The molecule has 0 bridgehead atoms. The van der Waals surface area contributed by atoms with Gasteiger partial charge in [0.05, 0.1) is 23.6 Å². The van der Waals surface area contributed by atoms with Crippen LogP contribution in [0.4, 0.5) is 0 Å². The summed E-state index contributed by atoms with van der Waals surface area (Å²) in [5.74, 6) is 0.354. The minimum atomic E-state index is -0.456. The quantitative estimate of drug-likeness (QED) is 0.738. The van der Waals surface area contributed by atoms with Gasteiger partial charge in [-0.1, -0.05) is 18.2 Å². The van der Waals surface area contributed by atoms with Crippen molar-refractivity contribution in [3.63, 3.8) is 0 Å². The van der Waals surface area contributed by atoms with Crippen molar-refractivity contribution in [2.45, 2.75) is 45.1 Å². The third kappa shape index (κ3) is 3.57. The van der Waals surface area contributed by atoms with Gasteiger partial charge in [0, 0.05) is 18.7 Å². The first-order valence-electron chi connectivity index (χ1n) is 11.6. The summed E-state index contributed by atoms with van der Waals surface area (Å²) in [6, 6.07) is 7.73. The number of carbonyl (C=O) groups excluding carboxylic acids is 2. The van der Waals surface area contributed by atoms with E-state index in [-0.39, 0.29) is 17.9 Å². The molecule has 2 N–H and O–H groups in total. The van der Waals surface area contributed by atoms with Crippen LogP contribution in [0, 0.1) is 5.41 Å². The second-order valence-electron chi connectivity index (χ2n) is 9.01. The molecule has 2 fully saturated rings. The molecule has 32 heavy (non-hydrogen) atoms. The Morgan fingerprint density at radius 3 is 2.53 bits per heavy atom. The van der Waals surface area contributed by atoms with E-state index in [1.165, 1.54) is 0 Å². The highest BCUT2D eigenvalue weighted by Gasteiger charge is 2.54. The molecule has 2 aliphatic carbocycles. The molecular weight excluding hydrogens is 402 g/mol. The molecule has 1 atom stereocenters. The third-order valence-corrected chi connectivity index (χ3v) is 6.98. The van der Waals surface area contributed by atoms with E-state index in [1.54, 1.807) is 0 Å². The molecule has 6 nitrogen and oxygen atoms in total. The molecule has 0 radical (unpaired) electrons. The van der Waals surface area contributed by atoms with Crippen molar-refractivity contribution >= 4 is 23.3 Å². The van der Waals surface area contributed by atoms with Crippen LogP contribution < -0.4 is 5.73 Å². The second-order valence-corrected chi connectivity index (χ2v) is 9.01. The van der Waals surface area contributed by atoms with E-state index in [2.05, 4.69) is 12.2 Å². The van der Waals surface area contributed by atoms with Crippen LogP contribution in [0.3, 0.4) is 0 Å². The van der Waals surface area contributed by atoms with Gasteiger partial charge in [-0.2, -0.15) is 0 Å². The van der Waals surface area contributed by atoms with E-state index in [0.29, 0.717) is 18.0 Å². The normalized spacial score (nSPS) is 23.4. The Morgan fingerprint density at radius 1 is 1.16 bits per heavy atom. The fourth-order valence-corrected chi connectivity index (χ4v) is 4.93. The molecule has 5 rings (SSSR count). The number of ether oxygens (including phenoxy) is 1. The standard InChI is InChI=1S/C26H29N3O3/c1-2-32-24(31)21-16-20-15-19(9-10-22(20)28-25(27)26(21)11-12-26)17-5-7-18(8-6-17)23(30)29-13-3-4-14-29/h5-9,15-16,22H,2-4,10-14H2,1H3,(H2,27,28). The number of amides is 1. The molecule has 1 saturated carbocycles. The summed E-state index contributed by atoms with van der Waals surface area (Å²) in [5, 5.41) is 0. The van der Waals surface area contributed by atoms with Crippen molar-refractivity contribution in [2.24, 2.45) is 16.1 Å². The Morgan fingerprint density at radius 2 is 1.88 bits per heavy atom. The maximum absolute atomic E-state index is 12.7. The monoisotopic (exact) mass is 431 g/mol. The van der Waals surface area contributed by atoms with Crippen LogP contribution in [0.1, 0.15) is 54.9 Å². The number of amidine groups is 1. The van der Waals surface area contributed by atoms with Gasteiger partial charge in [0.1, 0.15) is 5.84 Å². The zero-order chi connectivity index (χ0) is 22.3. The maximum Gasteiger partial charge on any atom is 0.335 e. The van der Waals surface area contributed by atoms with E-state index >= 15 is 0 Å². The minimum absolute atomic E-state index is 0.0841. The number of benzene rings is 1. The van der Waals surface area contributed by atoms with Crippen LogP contribution in [0.2, 0.25) is 0 Å². The Kier molecular flexibility index (Phi) is 5.24. The first-order chi connectivity index (χ1) is 15.5. The number of esters is 1. The zero-order valence-electron chi connectivity index (χ0n) is 18.5. The largest absolute Gasteiger partial charge is 0.463 e. The number of nitrogens with two attached hydrogens (primary N) is 1. The highest BCUT2D eigenvalue weighted by molar-refractivity contribution is 6.04. The fraction of sp³-hybridized carbons (Fsp3) is 0.423. The first kappa shape index (κ1) is 20.7. The van der Waals surface area contributed by atoms with Gasteiger partial charge in [-0.25, -0.2) is 4.79 Å². The predicted molar refractivity (Wildman–Crippen MR) is 124 cm³/mol. The highest BCUT2D eigenvalue weighted by atomic mass is 16.5. The third-order valence-electron chi connectivity index (χ3n) is 6.98. The zero-order valence-corrected chi connectivity index (χ0v) is 18.5. The number of allylic oxidation sites excluding steroid dienone is 2. The summed E-state index contributed by atoms with van der Waals surface area (Å²) in [6.07, 6.45) is 10.8. The molecule has 2 heterocycles.